The number of hydrogen-bond acceptors (Lipinski definition) is 3. The highest BCUT2D eigenvalue weighted by Gasteiger charge is 2.17. The Morgan fingerprint density at radius 1 is 1.43 bits per heavy atom. The van der Waals surface area contributed by atoms with Gasteiger partial charge in [0.15, 0.2) is 5.78 Å². The van der Waals surface area contributed by atoms with E-state index in [0.717, 1.165) is 25.6 Å². The number of nitrogens with zero attached hydrogens (tertiary/aromatic N) is 2. The van der Waals surface area contributed by atoms with Crippen LogP contribution in [0.2, 0.25) is 0 Å². The first-order valence-corrected chi connectivity index (χ1v) is 7.65. The first kappa shape index (κ1) is 15.8. The summed E-state index contributed by atoms with van der Waals surface area (Å²) in [5.41, 5.74) is 1.11. The summed E-state index contributed by atoms with van der Waals surface area (Å²) in [5, 5.41) is 2.94. The topological polar surface area (TPSA) is 54.3 Å². The third kappa shape index (κ3) is 4.17. The largest absolute Gasteiger partial charge is 0.349 e. The Labute approximate surface area is 126 Å². The highest BCUT2D eigenvalue weighted by molar-refractivity contribution is 5.99. The van der Waals surface area contributed by atoms with Crippen LogP contribution in [0.25, 0.3) is 0 Å². The van der Waals surface area contributed by atoms with Crippen LogP contribution in [-0.4, -0.2) is 47.3 Å². The fourth-order valence-corrected chi connectivity index (χ4v) is 2.89. The number of aryl methyl sites for hydroxylation is 1. The molecule has 0 saturated carbocycles. The van der Waals surface area contributed by atoms with Gasteiger partial charge in [-0.1, -0.05) is 6.92 Å². The molecule has 0 aliphatic carbocycles. The number of carbonyl (C=O) groups is 2. The predicted molar refractivity (Wildman–Crippen MR) is 82.6 cm³/mol. The molecule has 1 aliphatic heterocycles. The lowest BCUT2D eigenvalue weighted by Crippen LogP contribution is -2.40. The summed E-state index contributed by atoms with van der Waals surface area (Å²) in [6.45, 7) is 7.56. The molecule has 1 atom stereocenters. The summed E-state index contributed by atoms with van der Waals surface area (Å²) in [6.07, 6.45) is 4.25. The van der Waals surface area contributed by atoms with Crippen LogP contribution < -0.4 is 5.32 Å². The van der Waals surface area contributed by atoms with Gasteiger partial charge in [0.05, 0.1) is 0 Å². The Hall–Kier alpha value is -1.62. The average Bonchev–Trinajstić information content (AvgIpc) is 2.81. The zero-order valence-electron chi connectivity index (χ0n) is 13.2. The van der Waals surface area contributed by atoms with E-state index in [1.807, 2.05) is 0 Å². The molecule has 1 fully saturated rings. The van der Waals surface area contributed by atoms with E-state index in [9.17, 15) is 9.59 Å². The van der Waals surface area contributed by atoms with E-state index in [0.29, 0.717) is 17.8 Å². The molecule has 1 aromatic heterocycles. The van der Waals surface area contributed by atoms with Crippen LogP contribution in [0.15, 0.2) is 12.3 Å². The lowest BCUT2D eigenvalue weighted by molar-refractivity contribution is 0.0935. The highest BCUT2D eigenvalue weighted by atomic mass is 16.2. The molecule has 0 unspecified atom stereocenters. The van der Waals surface area contributed by atoms with Gasteiger partial charge >= 0.3 is 0 Å². The summed E-state index contributed by atoms with van der Waals surface area (Å²) in [7, 11) is 1.79. The highest BCUT2D eigenvalue weighted by Crippen LogP contribution is 2.14. The number of hydrogen-bond donors (Lipinski definition) is 1. The number of amides is 1. The Kier molecular flexibility index (Phi) is 5.17. The molecule has 0 bridgehead atoms. The number of aromatic nitrogens is 1. The van der Waals surface area contributed by atoms with Gasteiger partial charge < -0.3 is 14.8 Å². The van der Waals surface area contributed by atoms with Crippen molar-refractivity contribution in [3.63, 3.8) is 0 Å². The molecule has 116 valence electrons. The molecule has 1 amide bonds. The minimum atomic E-state index is -0.116. The maximum absolute atomic E-state index is 12.1. The smallest absolute Gasteiger partial charge is 0.267 e. The molecule has 21 heavy (non-hydrogen) atoms. The number of rotatable bonds is 5. The van der Waals surface area contributed by atoms with Crippen LogP contribution in [0.1, 0.15) is 47.5 Å². The van der Waals surface area contributed by atoms with Crippen LogP contribution in [0.4, 0.5) is 0 Å². The van der Waals surface area contributed by atoms with Gasteiger partial charge in [-0.25, -0.2) is 0 Å². The van der Waals surface area contributed by atoms with Crippen molar-refractivity contribution in [1.29, 1.82) is 0 Å². The molecule has 1 saturated heterocycles. The second-order valence-electron chi connectivity index (χ2n) is 6.09. The number of nitrogens with one attached hydrogen (secondary N) is 1. The first-order chi connectivity index (χ1) is 9.97. The van der Waals surface area contributed by atoms with E-state index in [1.54, 1.807) is 23.9 Å². The molecule has 0 aromatic carbocycles. The van der Waals surface area contributed by atoms with Gasteiger partial charge in [-0.15, -0.1) is 0 Å². The van der Waals surface area contributed by atoms with Crippen LogP contribution in [0.3, 0.4) is 0 Å². The second-order valence-corrected chi connectivity index (χ2v) is 6.09. The van der Waals surface area contributed by atoms with Gasteiger partial charge in [0.1, 0.15) is 5.69 Å². The number of carbonyl (C=O) groups excluding carboxylic acids is 2. The number of ketones is 1. The van der Waals surface area contributed by atoms with E-state index in [-0.39, 0.29) is 11.7 Å². The molecule has 1 aromatic rings. The number of Topliss-reactive ketones (excluding diaryl/α,β-unsaturated/α-hetero) is 1. The van der Waals surface area contributed by atoms with Crippen LogP contribution >= 0.6 is 0 Å². The first-order valence-electron chi connectivity index (χ1n) is 7.65. The van der Waals surface area contributed by atoms with Gasteiger partial charge in [0.25, 0.3) is 5.91 Å². The van der Waals surface area contributed by atoms with E-state index in [4.69, 9.17) is 0 Å². The third-order valence-electron chi connectivity index (χ3n) is 4.10. The van der Waals surface area contributed by atoms with Crippen LogP contribution in [0.5, 0.6) is 0 Å². The molecule has 0 spiro atoms. The number of piperidine rings is 1. The maximum Gasteiger partial charge on any atom is 0.267 e. The lowest BCUT2D eigenvalue weighted by Gasteiger charge is -2.30. The molecule has 2 heterocycles. The van der Waals surface area contributed by atoms with Crippen molar-refractivity contribution in [2.75, 3.05) is 26.2 Å². The monoisotopic (exact) mass is 291 g/mol. The molecular weight excluding hydrogens is 266 g/mol. The SMILES string of the molecule is CC(=O)c1cc(C(=O)NCCN2CCC[C@H](C)C2)n(C)c1. The zero-order valence-corrected chi connectivity index (χ0v) is 13.2. The fraction of sp³-hybridized carbons (Fsp3) is 0.625. The van der Waals surface area contributed by atoms with Crippen molar-refractivity contribution in [1.82, 2.24) is 14.8 Å². The Morgan fingerprint density at radius 3 is 2.81 bits per heavy atom. The molecule has 5 heteroatoms. The van der Waals surface area contributed by atoms with Crippen LogP contribution in [0, 0.1) is 5.92 Å². The normalized spacial score (nSPS) is 19.5. The summed E-state index contributed by atoms with van der Waals surface area (Å²) < 4.78 is 1.70. The zero-order chi connectivity index (χ0) is 15.4. The third-order valence-corrected chi connectivity index (χ3v) is 4.10. The van der Waals surface area contributed by atoms with Crippen molar-refractivity contribution >= 4 is 11.7 Å². The van der Waals surface area contributed by atoms with E-state index in [2.05, 4.69) is 17.1 Å². The molecule has 2 rings (SSSR count). The molecule has 0 radical (unpaired) electrons. The summed E-state index contributed by atoms with van der Waals surface area (Å²) in [4.78, 5) is 25.9. The quantitative estimate of drug-likeness (QED) is 0.840. The molecule has 1 N–H and O–H groups in total. The van der Waals surface area contributed by atoms with Gasteiger partial charge in [-0.05, 0) is 38.3 Å². The van der Waals surface area contributed by atoms with Crippen molar-refractivity contribution in [3.8, 4) is 0 Å². The summed E-state index contributed by atoms with van der Waals surface area (Å²) >= 11 is 0. The number of likely N-dealkylation sites (tertiary alicyclic amines) is 1. The van der Waals surface area contributed by atoms with Gasteiger partial charge in [0.2, 0.25) is 0 Å². The van der Waals surface area contributed by atoms with Crippen molar-refractivity contribution in [3.05, 3.63) is 23.5 Å². The Balaban J connectivity index is 1.83. The molecule has 1 aliphatic rings. The van der Waals surface area contributed by atoms with E-state index < -0.39 is 0 Å². The predicted octanol–water partition coefficient (Wildman–Crippen LogP) is 1.69. The van der Waals surface area contributed by atoms with Crippen molar-refractivity contribution in [2.45, 2.75) is 26.7 Å². The Bertz CT molecular complexity index is 522. The van der Waals surface area contributed by atoms with E-state index >= 15 is 0 Å². The minimum Gasteiger partial charge on any atom is -0.349 e. The van der Waals surface area contributed by atoms with Crippen LogP contribution in [-0.2, 0) is 7.05 Å². The second kappa shape index (κ2) is 6.89. The van der Waals surface area contributed by atoms with Gasteiger partial charge in [-0.3, -0.25) is 9.59 Å². The van der Waals surface area contributed by atoms with Crippen molar-refractivity contribution in [2.24, 2.45) is 13.0 Å². The summed E-state index contributed by atoms with van der Waals surface area (Å²) in [6, 6.07) is 1.65. The average molecular weight is 291 g/mol. The van der Waals surface area contributed by atoms with Crippen molar-refractivity contribution < 1.29 is 9.59 Å². The van der Waals surface area contributed by atoms with E-state index in [1.165, 1.54) is 19.8 Å². The van der Waals surface area contributed by atoms with Gasteiger partial charge in [0, 0.05) is 38.4 Å². The summed E-state index contributed by atoms with van der Waals surface area (Å²) in [5.74, 6) is 0.613. The minimum absolute atomic E-state index is 0.0213. The molecular formula is C16H25N3O2. The Morgan fingerprint density at radius 2 is 2.19 bits per heavy atom. The maximum atomic E-state index is 12.1. The molecule has 5 nitrogen and oxygen atoms in total. The lowest BCUT2D eigenvalue weighted by atomic mass is 10.0. The fourth-order valence-electron chi connectivity index (χ4n) is 2.89. The van der Waals surface area contributed by atoms with Gasteiger partial charge in [-0.2, -0.15) is 0 Å². The standard InChI is InChI=1S/C16H25N3O2/c1-12-5-4-7-19(10-12)8-6-17-16(21)15-9-14(13(2)20)11-18(15)3/h9,11-12H,4-8,10H2,1-3H3,(H,17,21)/t12-/m0/s1.